The first-order chi connectivity index (χ1) is 5.57. The van der Waals surface area contributed by atoms with Crippen molar-refractivity contribution in [3.63, 3.8) is 0 Å². The lowest BCUT2D eigenvalue weighted by Crippen LogP contribution is -2.46. The second-order valence-electron chi connectivity index (χ2n) is 2.49. The molecule has 12 heavy (non-hydrogen) atoms. The van der Waals surface area contributed by atoms with Gasteiger partial charge in [0.2, 0.25) is 0 Å². The van der Waals surface area contributed by atoms with Gasteiger partial charge in [-0.25, -0.2) is 10.8 Å². The van der Waals surface area contributed by atoms with Crippen LogP contribution in [0.3, 0.4) is 0 Å². The van der Waals surface area contributed by atoms with Crippen LogP contribution in [-0.4, -0.2) is 22.6 Å². The Kier molecular flexibility index (Phi) is 2.49. The van der Waals surface area contributed by atoms with Crippen molar-refractivity contribution in [3.8, 4) is 0 Å². The molecular weight excluding hydrogens is 174 g/mol. The van der Waals surface area contributed by atoms with Gasteiger partial charge in [-0.3, -0.25) is 5.01 Å². The van der Waals surface area contributed by atoms with E-state index in [1.54, 1.807) is 6.92 Å². The molecule has 0 aliphatic carbocycles. The first-order valence-electron chi connectivity index (χ1n) is 3.44. The summed E-state index contributed by atoms with van der Waals surface area (Å²) in [6.07, 6.45) is 1.90. The van der Waals surface area contributed by atoms with Gasteiger partial charge >= 0.3 is 0 Å². The standard InChI is InChI=1S/C6H13N5S/c1-3-4(7)10-6(12-2)11(9)5(3)8/h6H,8-9H2,1-2H3,(H2,7,10). The second-order valence-corrected chi connectivity index (χ2v) is 3.39. The Labute approximate surface area is 75.6 Å². The van der Waals surface area contributed by atoms with Gasteiger partial charge in [-0.15, -0.1) is 11.8 Å². The highest BCUT2D eigenvalue weighted by atomic mass is 32.2. The van der Waals surface area contributed by atoms with E-state index in [0.717, 1.165) is 5.57 Å². The van der Waals surface area contributed by atoms with Crippen LogP contribution in [0, 0.1) is 0 Å². The quantitative estimate of drug-likeness (QED) is 0.475. The molecule has 1 aliphatic rings. The molecular formula is C6H13N5S. The fourth-order valence-electron chi connectivity index (χ4n) is 0.888. The Morgan fingerprint density at radius 2 is 2.08 bits per heavy atom. The third kappa shape index (κ3) is 1.35. The van der Waals surface area contributed by atoms with E-state index in [1.807, 2.05) is 6.26 Å². The fraction of sp³-hybridized carbons (Fsp3) is 0.500. The molecule has 0 spiro atoms. The minimum Gasteiger partial charge on any atom is -0.384 e. The third-order valence-electron chi connectivity index (χ3n) is 1.74. The van der Waals surface area contributed by atoms with Gasteiger partial charge < -0.3 is 11.5 Å². The Morgan fingerprint density at radius 3 is 2.58 bits per heavy atom. The van der Waals surface area contributed by atoms with Crippen molar-refractivity contribution in [1.29, 1.82) is 0 Å². The second kappa shape index (κ2) is 3.24. The monoisotopic (exact) mass is 187 g/mol. The van der Waals surface area contributed by atoms with Gasteiger partial charge in [-0.1, -0.05) is 0 Å². The molecule has 68 valence electrons. The molecule has 0 bridgehead atoms. The van der Waals surface area contributed by atoms with Crippen molar-refractivity contribution in [1.82, 2.24) is 5.01 Å². The Morgan fingerprint density at radius 1 is 1.50 bits per heavy atom. The molecule has 0 aromatic rings. The zero-order valence-electron chi connectivity index (χ0n) is 7.11. The molecule has 6 N–H and O–H groups in total. The van der Waals surface area contributed by atoms with E-state index in [1.165, 1.54) is 16.8 Å². The number of nitrogens with zero attached hydrogens (tertiary/aromatic N) is 2. The molecule has 1 unspecified atom stereocenters. The SMILES string of the molecule is CSC1N=C(N)C(C)=C(N)N1N. The number of aliphatic imine (C=N–C) groups is 1. The highest BCUT2D eigenvalue weighted by Crippen LogP contribution is 2.19. The summed E-state index contributed by atoms with van der Waals surface area (Å²) in [5.74, 6) is 6.61. The van der Waals surface area contributed by atoms with Gasteiger partial charge in [-0.2, -0.15) is 0 Å². The number of hydrogen-bond donors (Lipinski definition) is 3. The summed E-state index contributed by atoms with van der Waals surface area (Å²) in [6.45, 7) is 1.80. The predicted molar refractivity (Wildman–Crippen MR) is 51.8 cm³/mol. The number of amidine groups is 1. The van der Waals surface area contributed by atoms with Crippen LogP contribution in [-0.2, 0) is 0 Å². The average Bonchev–Trinajstić information content (AvgIpc) is 2.08. The molecule has 5 nitrogen and oxygen atoms in total. The van der Waals surface area contributed by atoms with E-state index in [2.05, 4.69) is 4.99 Å². The molecule has 0 aromatic carbocycles. The summed E-state index contributed by atoms with van der Waals surface area (Å²) in [7, 11) is 0. The van der Waals surface area contributed by atoms with Crippen molar-refractivity contribution < 1.29 is 0 Å². The molecule has 0 amide bonds. The molecule has 6 heteroatoms. The summed E-state index contributed by atoms with van der Waals surface area (Å²) >= 11 is 1.48. The van der Waals surface area contributed by atoms with Crippen LogP contribution in [0.5, 0.6) is 0 Å². The Hall–Kier alpha value is -0.880. The Bertz CT molecular complexity index is 246. The van der Waals surface area contributed by atoms with E-state index >= 15 is 0 Å². The van der Waals surface area contributed by atoms with Gasteiger partial charge in [0, 0.05) is 5.57 Å². The van der Waals surface area contributed by atoms with Crippen molar-refractivity contribution in [3.05, 3.63) is 11.4 Å². The lowest BCUT2D eigenvalue weighted by molar-refractivity contribution is 0.332. The summed E-state index contributed by atoms with van der Waals surface area (Å²) in [5.41, 5.74) is 11.8. The molecule has 0 saturated heterocycles. The highest BCUT2D eigenvalue weighted by molar-refractivity contribution is 7.99. The number of hydrazine groups is 1. The first-order valence-corrected chi connectivity index (χ1v) is 4.73. The molecule has 1 heterocycles. The van der Waals surface area contributed by atoms with Crippen LogP contribution in [0.2, 0.25) is 0 Å². The largest absolute Gasteiger partial charge is 0.384 e. The van der Waals surface area contributed by atoms with Crippen molar-refractivity contribution in [2.45, 2.75) is 12.4 Å². The predicted octanol–water partition coefficient (Wildman–Crippen LogP) is -0.630. The van der Waals surface area contributed by atoms with Crippen molar-refractivity contribution >= 4 is 17.6 Å². The lowest BCUT2D eigenvalue weighted by atomic mass is 10.2. The fourth-order valence-corrected chi connectivity index (χ4v) is 1.45. The number of thioether (sulfide) groups is 1. The van der Waals surface area contributed by atoms with E-state index < -0.39 is 0 Å². The molecule has 1 atom stereocenters. The Balaban J connectivity index is 2.97. The zero-order chi connectivity index (χ0) is 9.30. The maximum Gasteiger partial charge on any atom is 0.185 e. The van der Waals surface area contributed by atoms with Crippen LogP contribution in [0.15, 0.2) is 16.4 Å². The van der Waals surface area contributed by atoms with E-state index in [0.29, 0.717) is 11.7 Å². The maximum absolute atomic E-state index is 5.68. The van der Waals surface area contributed by atoms with Crippen LogP contribution in [0.1, 0.15) is 6.92 Å². The molecule has 0 radical (unpaired) electrons. The minimum absolute atomic E-state index is 0.200. The van der Waals surface area contributed by atoms with Crippen molar-refractivity contribution in [2.24, 2.45) is 22.3 Å². The summed E-state index contributed by atoms with van der Waals surface area (Å²) < 4.78 is 0. The van der Waals surface area contributed by atoms with Gasteiger partial charge in [-0.05, 0) is 13.2 Å². The van der Waals surface area contributed by atoms with Gasteiger partial charge in [0.1, 0.15) is 11.7 Å². The molecule has 1 rings (SSSR count). The van der Waals surface area contributed by atoms with Gasteiger partial charge in [0.15, 0.2) is 5.50 Å². The van der Waals surface area contributed by atoms with Crippen LogP contribution in [0.4, 0.5) is 0 Å². The summed E-state index contributed by atoms with van der Waals surface area (Å²) in [6, 6.07) is 0. The molecule has 1 aliphatic heterocycles. The number of hydrogen-bond acceptors (Lipinski definition) is 6. The summed E-state index contributed by atoms with van der Waals surface area (Å²) in [4.78, 5) is 4.13. The van der Waals surface area contributed by atoms with E-state index in [-0.39, 0.29) is 5.50 Å². The minimum atomic E-state index is -0.200. The molecule has 0 fully saturated rings. The molecule has 0 saturated carbocycles. The van der Waals surface area contributed by atoms with Crippen LogP contribution in [0.25, 0.3) is 0 Å². The zero-order valence-corrected chi connectivity index (χ0v) is 7.93. The normalized spacial score (nSPS) is 24.4. The number of rotatable bonds is 1. The number of nitrogens with two attached hydrogens (primary N) is 3. The lowest BCUT2D eigenvalue weighted by Gasteiger charge is -2.29. The van der Waals surface area contributed by atoms with Gasteiger partial charge in [0.05, 0.1) is 0 Å². The molecule has 0 aromatic heterocycles. The van der Waals surface area contributed by atoms with Crippen LogP contribution < -0.4 is 17.3 Å². The highest BCUT2D eigenvalue weighted by Gasteiger charge is 2.22. The topological polar surface area (TPSA) is 93.7 Å². The van der Waals surface area contributed by atoms with Crippen LogP contribution >= 0.6 is 11.8 Å². The van der Waals surface area contributed by atoms with Crippen molar-refractivity contribution in [2.75, 3.05) is 6.26 Å². The van der Waals surface area contributed by atoms with E-state index in [4.69, 9.17) is 17.3 Å². The van der Waals surface area contributed by atoms with E-state index in [9.17, 15) is 0 Å². The average molecular weight is 187 g/mol. The maximum atomic E-state index is 5.68. The summed E-state index contributed by atoms with van der Waals surface area (Å²) in [5, 5.41) is 1.41. The third-order valence-corrected chi connectivity index (χ3v) is 2.50. The first kappa shape index (κ1) is 9.21. The van der Waals surface area contributed by atoms with Gasteiger partial charge in [0.25, 0.3) is 0 Å². The smallest absolute Gasteiger partial charge is 0.185 e.